The molecule has 154 valence electrons. The Morgan fingerprint density at radius 3 is 2.25 bits per heavy atom. The number of carbonyl (C=O) groups is 3. The van der Waals surface area contributed by atoms with E-state index < -0.39 is 35.2 Å². The molecule has 1 aromatic rings. The van der Waals surface area contributed by atoms with Crippen molar-refractivity contribution in [2.24, 2.45) is 0 Å². The molecule has 1 fully saturated rings. The van der Waals surface area contributed by atoms with Gasteiger partial charge in [0, 0.05) is 9.99 Å². The van der Waals surface area contributed by atoms with Gasteiger partial charge in [0.25, 0.3) is 0 Å². The Labute approximate surface area is 178 Å². The highest BCUT2D eigenvalue weighted by molar-refractivity contribution is 14.1. The zero-order valence-corrected chi connectivity index (χ0v) is 18.5. The topological polar surface area (TPSA) is 105 Å². The maximum Gasteiger partial charge on any atom is 0.408 e. The van der Waals surface area contributed by atoms with Crippen molar-refractivity contribution in [2.75, 3.05) is 0 Å². The normalized spacial score (nSPS) is 16.9. The van der Waals surface area contributed by atoms with Crippen LogP contribution in [0, 0.1) is 3.57 Å². The lowest BCUT2D eigenvalue weighted by molar-refractivity contribution is -0.142. The minimum absolute atomic E-state index is 0.167. The summed E-state index contributed by atoms with van der Waals surface area (Å²) in [5.74, 6) is -1.59. The van der Waals surface area contributed by atoms with Gasteiger partial charge in [0.05, 0.1) is 0 Å². The summed E-state index contributed by atoms with van der Waals surface area (Å²) in [7, 11) is 0. The lowest BCUT2D eigenvalue weighted by Gasteiger charge is -2.31. The van der Waals surface area contributed by atoms with Crippen molar-refractivity contribution in [3.8, 4) is 0 Å². The second-order valence-corrected chi connectivity index (χ2v) is 9.36. The van der Waals surface area contributed by atoms with E-state index in [0.717, 1.165) is 22.0 Å². The SMILES string of the molecule is CC(C)(C)OC(=O)NC1(C(=O)NC(Cc2ccc(I)cc2)C(=O)O)CCCC1. The van der Waals surface area contributed by atoms with Crippen molar-refractivity contribution in [1.29, 1.82) is 0 Å². The number of halogens is 1. The summed E-state index contributed by atoms with van der Waals surface area (Å²) in [6.45, 7) is 5.24. The Hall–Kier alpha value is -1.84. The first kappa shape index (κ1) is 22.4. The average molecular weight is 502 g/mol. The minimum atomic E-state index is -1.14. The lowest BCUT2D eigenvalue weighted by Crippen LogP contribution is -2.60. The van der Waals surface area contributed by atoms with Crippen molar-refractivity contribution in [3.63, 3.8) is 0 Å². The van der Waals surface area contributed by atoms with Crippen LogP contribution < -0.4 is 10.6 Å². The van der Waals surface area contributed by atoms with Gasteiger partial charge >= 0.3 is 12.1 Å². The zero-order valence-electron chi connectivity index (χ0n) is 16.4. The quantitative estimate of drug-likeness (QED) is 0.519. The molecule has 3 N–H and O–H groups in total. The number of carboxylic acids is 1. The maximum atomic E-state index is 13.0. The van der Waals surface area contributed by atoms with E-state index in [0.29, 0.717) is 12.8 Å². The molecule has 1 aromatic carbocycles. The fourth-order valence-electron chi connectivity index (χ4n) is 3.24. The maximum absolute atomic E-state index is 13.0. The second-order valence-electron chi connectivity index (χ2n) is 8.11. The van der Waals surface area contributed by atoms with Crippen LogP contribution in [0.4, 0.5) is 4.79 Å². The van der Waals surface area contributed by atoms with Crippen LogP contribution in [0.3, 0.4) is 0 Å². The first-order valence-electron chi connectivity index (χ1n) is 9.30. The Morgan fingerprint density at radius 2 is 1.75 bits per heavy atom. The number of hydrogen-bond donors (Lipinski definition) is 3. The first-order valence-corrected chi connectivity index (χ1v) is 10.4. The number of aliphatic carboxylic acids is 1. The Balaban J connectivity index is 2.11. The van der Waals surface area contributed by atoms with Gasteiger partial charge in [-0.25, -0.2) is 9.59 Å². The average Bonchev–Trinajstić information content (AvgIpc) is 3.03. The molecule has 1 unspecified atom stereocenters. The molecule has 0 bridgehead atoms. The summed E-state index contributed by atoms with van der Waals surface area (Å²) in [5.41, 5.74) is -1.01. The summed E-state index contributed by atoms with van der Waals surface area (Å²) in [5, 5.41) is 14.9. The minimum Gasteiger partial charge on any atom is -0.480 e. The van der Waals surface area contributed by atoms with Gasteiger partial charge in [0.2, 0.25) is 5.91 Å². The molecule has 8 heteroatoms. The number of amides is 2. The molecule has 28 heavy (non-hydrogen) atoms. The number of rotatable bonds is 6. The summed E-state index contributed by atoms with van der Waals surface area (Å²) in [4.78, 5) is 36.9. The van der Waals surface area contributed by atoms with Crippen LogP contribution in [0.1, 0.15) is 52.0 Å². The fraction of sp³-hybridized carbons (Fsp3) is 0.550. The smallest absolute Gasteiger partial charge is 0.408 e. The molecule has 0 aromatic heterocycles. The number of carboxylic acid groups (broad SMARTS) is 1. The summed E-state index contributed by atoms with van der Waals surface area (Å²) < 4.78 is 6.33. The van der Waals surface area contributed by atoms with Gasteiger partial charge < -0.3 is 20.5 Å². The highest BCUT2D eigenvalue weighted by Gasteiger charge is 2.44. The number of benzene rings is 1. The molecular weight excluding hydrogens is 475 g/mol. The Kier molecular flexibility index (Phi) is 7.30. The third-order valence-corrected chi connectivity index (χ3v) is 5.31. The van der Waals surface area contributed by atoms with Gasteiger partial charge in [-0.2, -0.15) is 0 Å². The van der Waals surface area contributed by atoms with E-state index in [1.165, 1.54) is 0 Å². The van der Waals surface area contributed by atoms with Crippen LogP contribution in [0.15, 0.2) is 24.3 Å². The van der Waals surface area contributed by atoms with E-state index in [-0.39, 0.29) is 6.42 Å². The molecule has 1 aliphatic rings. The molecule has 0 saturated heterocycles. The number of hydrogen-bond acceptors (Lipinski definition) is 4. The molecule has 1 saturated carbocycles. The van der Waals surface area contributed by atoms with Gasteiger partial charge in [0.1, 0.15) is 17.2 Å². The standard InChI is InChI=1S/C20H27IN2O5/c1-19(2,3)28-18(27)23-20(10-4-5-11-20)17(26)22-15(16(24)25)12-13-6-8-14(21)9-7-13/h6-9,15H,4-5,10-12H2,1-3H3,(H,22,26)(H,23,27)(H,24,25). The number of alkyl carbamates (subject to hydrolysis) is 1. The molecule has 7 nitrogen and oxygen atoms in total. The van der Waals surface area contributed by atoms with E-state index >= 15 is 0 Å². The van der Waals surface area contributed by atoms with E-state index in [4.69, 9.17) is 4.74 Å². The summed E-state index contributed by atoms with van der Waals surface area (Å²) in [6, 6.07) is 6.38. The Morgan fingerprint density at radius 1 is 1.18 bits per heavy atom. The van der Waals surface area contributed by atoms with Gasteiger partial charge in [-0.1, -0.05) is 25.0 Å². The molecular formula is C20H27IN2O5. The van der Waals surface area contributed by atoms with Crippen molar-refractivity contribution < 1.29 is 24.2 Å². The van der Waals surface area contributed by atoms with Crippen LogP contribution in [-0.4, -0.2) is 40.3 Å². The van der Waals surface area contributed by atoms with Crippen LogP contribution in [-0.2, 0) is 20.7 Å². The number of ether oxygens (including phenoxy) is 1. The van der Waals surface area contributed by atoms with Crippen molar-refractivity contribution >= 4 is 40.6 Å². The zero-order chi connectivity index (χ0) is 20.9. The molecule has 1 aliphatic carbocycles. The number of carbonyl (C=O) groups excluding carboxylic acids is 2. The monoisotopic (exact) mass is 502 g/mol. The Bertz CT molecular complexity index is 721. The third kappa shape index (κ3) is 6.35. The second kappa shape index (κ2) is 9.11. The molecule has 2 rings (SSSR count). The molecule has 0 spiro atoms. The lowest BCUT2D eigenvalue weighted by atomic mass is 9.95. The fourth-order valence-corrected chi connectivity index (χ4v) is 3.60. The predicted octanol–water partition coefficient (Wildman–Crippen LogP) is 3.24. The van der Waals surface area contributed by atoms with Crippen molar-refractivity contribution in [1.82, 2.24) is 10.6 Å². The van der Waals surface area contributed by atoms with Crippen LogP contribution in [0.2, 0.25) is 0 Å². The van der Waals surface area contributed by atoms with Gasteiger partial charge in [0.15, 0.2) is 0 Å². The van der Waals surface area contributed by atoms with Crippen LogP contribution in [0.5, 0.6) is 0 Å². The van der Waals surface area contributed by atoms with Gasteiger partial charge in [-0.05, 0) is 73.9 Å². The van der Waals surface area contributed by atoms with E-state index in [1.54, 1.807) is 20.8 Å². The molecule has 0 heterocycles. The van der Waals surface area contributed by atoms with E-state index in [9.17, 15) is 19.5 Å². The third-order valence-electron chi connectivity index (χ3n) is 4.59. The predicted molar refractivity (Wildman–Crippen MR) is 113 cm³/mol. The van der Waals surface area contributed by atoms with Gasteiger partial charge in [-0.15, -0.1) is 0 Å². The molecule has 0 radical (unpaired) electrons. The highest BCUT2D eigenvalue weighted by Crippen LogP contribution is 2.30. The number of nitrogens with one attached hydrogen (secondary N) is 2. The molecule has 1 atom stereocenters. The van der Waals surface area contributed by atoms with Crippen LogP contribution >= 0.6 is 22.6 Å². The summed E-state index contributed by atoms with van der Waals surface area (Å²) >= 11 is 2.17. The van der Waals surface area contributed by atoms with Crippen molar-refractivity contribution in [2.45, 2.75) is 70.1 Å². The molecule has 2 amide bonds. The van der Waals surface area contributed by atoms with Crippen LogP contribution in [0.25, 0.3) is 0 Å². The van der Waals surface area contributed by atoms with Crippen molar-refractivity contribution in [3.05, 3.63) is 33.4 Å². The van der Waals surface area contributed by atoms with Gasteiger partial charge in [-0.3, -0.25) is 4.79 Å². The van der Waals surface area contributed by atoms with E-state index in [2.05, 4.69) is 33.2 Å². The molecule has 0 aliphatic heterocycles. The largest absolute Gasteiger partial charge is 0.480 e. The summed E-state index contributed by atoms with van der Waals surface area (Å²) in [6.07, 6.45) is 1.95. The first-order chi connectivity index (χ1) is 13.0. The highest BCUT2D eigenvalue weighted by atomic mass is 127. The van der Waals surface area contributed by atoms with E-state index in [1.807, 2.05) is 24.3 Å².